The van der Waals surface area contributed by atoms with Crippen molar-refractivity contribution in [2.24, 2.45) is 0 Å². The fraction of sp³-hybridized carbons (Fsp3) is 0.500. The summed E-state index contributed by atoms with van der Waals surface area (Å²) in [6, 6.07) is 5.11. The zero-order chi connectivity index (χ0) is 17.4. The summed E-state index contributed by atoms with van der Waals surface area (Å²) in [6.07, 6.45) is -5.17. The van der Waals surface area contributed by atoms with Crippen LogP contribution >= 0.6 is 0 Å². The molecular weight excluding hydrogens is 318 g/mol. The molecule has 0 saturated carbocycles. The van der Waals surface area contributed by atoms with Crippen LogP contribution in [-0.4, -0.2) is 75.9 Å². The topological polar surface area (TPSA) is 117 Å². The van der Waals surface area contributed by atoms with Gasteiger partial charge in [-0.05, 0) is 19.1 Å². The minimum Gasteiger partial charge on any atom is -0.394 e. The number of hydrogen-bond donors (Lipinski definition) is 3. The number of aliphatic hydroxyl groups is 3. The van der Waals surface area contributed by atoms with E-state index in [0.29, 0.717) is 0 Å². The molecule has 3 N–H and O–H groups in total. The van der Waals surface area contributed by atoms with Gasteiger partial charge in [-0.1, -0.05) is 12.1 Å². The molecule has 2 heterocycles. The SMILES string of the molecule is CCO[C@H]1O[C@H](CO)[C@@H](O)[C@H](O)[C@@H]1N1C(=O)c2ccccc2C1=O. The first kappa shape index (κ1) is 17.0. The molecule has 1 aromatic carbocycles. The summed E-state index contributed by atoms with van der Waals surface area (Å²) in [5.74, 6) is -1.16. The molecular formula is C16H19NO7. The number of carbonyl (C=O) groups excluding carboxylic acids is 2. The maximum atomic E-state index is 12.6. The quantitative estimate of drug-likeness (QED) is 0.611. The molecule has 1 saturated heterocycles. The maximum Gasteiger partial charge on any atom is 0.262 e. The second kappa shape index (κ2) is 6.58. The highest BCUT2D eigenvalue weighted by molar-refractivity contribution is 6.21. The minimum atomic E-state index is -1.50. The number of ether oxygens (including phenoxy) is 2. The number of amides is 2. The van der Waals surface area contributed by atoms with Crippen molar-refractivity contribution >= 4 is 11.8 Å². The number of carbonyl (C=O) groups is 2. The van der Waals surface area contributed by atoms with Crippen LogP contribution in [0.2, 0.25) is 0 Å². The van der Waals surface area contributed by atoms with E-state index in [4.69, 9.17) is 9.47 Å². The van der Waals surface area contributed by atoms with Gasteiger partial charge in [-0.25, -0.2) is 0 Å². The average molecular weight is 337 g/mol. The van der Waals surface area contributed by atoms with Crippen LogP contribution < -0.4 is 0 Å². The number of nitrogens with zero attached hydrogens (tertiary/aromatic N) is 1. The summed E-state index contributed by atoms with van der Waals surface area (Å²) in [7, 11) is 0. The van der Waals surface area contributed by atoms with E-state index in [1.54, 1.807) is 19.1 Å². The molecule has 0 radical (unpaired) electrons. The molecule has 130 valence electrons. The highest BCUT2D eigenvalue weighted by Gasteiger charge is 2.53. The summed E-state index contributed by atoms with van der Waals surface area (Å²) in [5.41, 5.74) is 0.451. The molecule has 0 spiro atoms. The van der Waals surface area contributed by atoms with Gasteiger partial charge in [-0.15, -0.1) is 0 Å². The summed E-state index contributed by atoms with van der Waals surface area (Å²) in [6.45, 7) is 1.36. The van der Waals surface area contributed by atoms with Crippen LogP contribution in [0.1, 0.15) is 27.6 Å². The van der Waals surface area contributed by atoms with Crippen molar-refractivity contribution < 1.29 is 34.4 Å². The Balaban J connectivity index is 1.97. The van der Waals surface area contributed by atoms with Crippen molar-refractivity contribution in [3.05, 3.63) is 35.4 Å². The Hall–Kier alpha value is -1.84. The number of aliphatic hydroxyl groups excluding tert-OH is 3. The van der Waals surface area contributed by atoms with Gasteiger partial charge in [0.1, 0.15) is 24.4 Å². The Labute approximate surface area is 138 Å². The Morgan fingerprint density at radius 2 is 1.71 bits per heavy atom. The van der Waals surface area contributed by atoms with Gasteiger partial charge < -0.3 is 24.8 Å². The lowest BCUT2D eigenvalue weighted by Gasteiger charge is -2.44. The number of fused-ring (bicyclic) bond motifs is 1. The van der Waals surface area contributed by atoms with E-state index in [2.05, 4.69) is 0 Å². The Bertz CT molecular complexity index is 614. The standard InChI is InChI=1S/C16H19NO7/c1-2-23-16-11(13(20)12(19)10(7-18)24-16)17-14(21)8-5-3-4-6-9(8)15(17)22/h3-6,10-13,16,18-20H,2,7H2,1H3/t10-,11+,12-,13-,16+/m1/s1. The van der Waals surface area contributed by atoms with Crippen molar-refractivity contribution in [2.45, 2.75) is 37.6 Å². The van der Waals surface area contributed by atoms with Gasteiger partial charge in [0.25, 0.3) is 11.8 Å². The first-order valence-electron chi connectivity index (χ1n) is 7.72. The van der Waals surface area contributed by atoms with E-state index in [-0.39, 0.29) is 17.7 Å². The van der Waals surface area contributed by atoms with Crippen LogP contribution in [0.3, 0.4) is 0 Å². The van der Waals surface area contributed by atoms with Gasteiger partial charge in [0.15, 0.2) is 6.29 Å². The van der Waals surface area contributed by atoms with E-state index in [0.717, 1.165) is 4.90 Å². The predicted molar refractivity (Wildman–Crippen MR) is 80.1 cm³/mol. The van der Waals surface area contributed by atoms with E-state index in [9.17, 15) is 24.9 Å². The number of benzene rings is 1. The monoisotopic (exact) mass is 337 g/mol. The van der Waals surface area contributed by atoms with E-state index in [1.807, 2.05) is 0 Å². The van der Waals surface area contributed by atoms with Crippen LogP contribution in [0.4, 0.5) is 0 Å². The zero-order valence-electron chi connectivity index (χ0n) is 13.0. The Morgan fingerprint density at radius 3 is 2.21 bits per heavy atom. The lowest BCUT2D eigenvalue weighted by atomic mass is 9.95. The first-order chi connectivity index (χ1) is 11.5. The molecule has 1 aromatic rings. The number of rotatable bonds is 4. The molecule has 2 amide bonds. The third kappa shape index (κ3) is 2.52. The lowest BCUT2D eigenvalue weighted by molar-refractivity contribution is -0.278. The third-order valence-corrected chi connectivity index (χ3v) is 4.30. The summed E-state index contributed by atoms with van der Waals surface area (Å²) >= 11 is 0. The number of imide groups is 1. The smallest absolute Gasteiger partial charge is 0.262 e. The van der Waals surface area contributed by atoms with Crippen LogP contribution in [0.15, 0.2) is 24.3 Å². The van der Waals surface area contributed by atoms with E-state index < -0.39 is 49.1 Å². The molecule has 0 aliphatic carbocycles. The zero-order valence-corrected chi connectivity index (χ0v) is 13.0. The van der Waals surface area contributed by atoms with Gasteiger partial charge in [0.05, 0.1) is 17.7 Å². The Kier molecular flexibility index (Phi) is 4.66. The van der Waals surface area contributed by atoms with Gasteiger partial charge in [-0.2, -0.15) is 0 Å². The second-order valence-electron chi connectivity index (χ2n) is 5.68. The van der Waals surface area contributed by atoms with Crippen LogP contribution in [-0.2, 0) is 9.47 Å². The van der Waals surface area contributed by atoms with Gasteiger partial charge in [0, 0.05) is 6.61 Å². The summed E-state index contributed by atoms with van der Waals surface area (Å²) < 4.78 is 10.9. The molecule has 8 heteroatoms. The molecule has 1 fully saturated rings. The fourth-order valence-electron chi connectivity index (χ4n) is 3.12. The maximum absolute atomic E-state index is 12.6. The van der Waals surface area contributed by atoms with Crippen molar-refractivity contribution in [3.8, 4) is 0 Å². The highest BCUT2D eigenvalue weighted by Crippen LogP contribution is 2.32. The van der Waals surface area contributed by atoms with Crippen LogP contribution in [0.25, 0.3) is 0 Å². The molecule has 0 bridgehead atoms. The van der Waals surface area contributed by atoms with Crippen LogP contribution in [0, 0.1) is 0 Å². The van der Waals surface area contributed by atoms with Crippen molar-refractivity contribution in [1.82, 2.24) is 4.90 Å². The second-order valence-corrected chi connectivity index (χ2v) is 5.68. The molecule has 24 heavy (non-hydrogen) atoms. The van der Waals surface area contributed by atoms with E-state index >= 15 is 0 Å². The molecule has 0 unspecified atom stereocenters. The van der Waals surface area contributed by atoms with Crippen molar-refractivity contribution in [2.75, 3.05) is 13.2 Å². The lowest BCUT2D eigenvalue weighted by Crippen LogP contribution is -2.65. The van der Waals surface area contributed by atoms with E-state index in [1.165, 1.54) is 12.1 Å². The molecule has 8 nitrogen and oxygen atoms in total. The van der Waals surface area contributed by atoms with Gasteiger partial charge in [0.2, 0.25) is 0 Å². The van der Waals surface area contributed by atoms with Crippen molar-refractivity contribution in [1.29, 1.82) is 0 Å². The number of hydrogen-bond acceptors (Lipinski definition) is 7. The molecule has 5 atom stereocenters. The first-order valence-corrected chi connectivity index (χ1v) is 7.72. The summed E-state index contributed by atoms with van der Waals surface area (Å²) in [4.78, 5) is 26.1. The molecule has 3 rings (SSSR count). The molecule has 0 aromatic heterocycles. The van der Waals surface area contributed by atoms with Crippen molar-refractivity contribution in [3.63, 3.8) is 0 Å². The fourth-order valence-corrected chi connectivity index (χ4v) is 3.12. The average Bonchev–Trinajstić information content (AvgIpc) is 2.83. The normalized spacial score (nSPS) is 33.0. The minimum absolute atomic E-state index is 0.200. The largest absolute Gasteiger partial charge is 0.394 e. The summed E-state index contributed by atoms with van der Waals surface area (Å²) in [5, 5.41) is 29.8. The highest BCUT2D eigenvalue weighted by atomic mass is 16.7. The van der Waals surface area contributed by atoms with Gasteiger partial charge in [-0.3, -0.25) is 14.5 Å². The predicted octanol–water partition coefficient (Wildman–Crippen LogP) is -0.873. The van der Waals surface area contributed by atoms with Gasteiger partial charge >= 0.3 is 0 Å². The van der Waals surface area contributed by atoms with Crippen LogP contribution in [0.5, 0.6) is 0 Å². The third-order valence-electron chi connectivity index (χ3n) is 4.30. The molecule has 2 aliphatic rings. The Morgan fingerprint density at radius 1 is 1.12 bits per heavy atom. The molecule has 2 aliphatic heterocycles.